The fourth-order valence-electron chi connectivity index (χ4n) is 1.45. The van der Waals surface area contributed by atoms with Crippen LogP contribution in [0.15, 0.2) is 0 Å². The Morgan fingerprint density at radius 3 is 1.75 bits per heavy atom. The van der Waals surface area contributed by atoms with Gasteiger partial charge in [0.2, 0.25) is 11.8 Å². The minimum Gasteiger partial charge on any atom is -0.480 e. The zero-order chi connectivity index (χ0) is 16.0. The third kappa shape index (κ3) is 5.56. The summed E-state index contributed by atoms with van der Waals surface area (Å²) < 4.78 is 0. The number of nitrogens with two attached hydrogens (primary N) is 1. The predicted molar refractivity (Wildman–Crippen MR) is 74.8 cm³/mol. The van der Waals surface area contributed by atoms with Crippen LogP contribution >= 0.6 is 0 Å². The first-order valence-electron chi connectivity index (χ1n) is 6.67. The Morgan fingerprint density at radius 2 is 1.40 bits per heavy atom. The maximum absolute atomic E-state index is 12.0. The monoisotopic (exact) mass is 287 g/mol. The molecule has 0 aromatic heterocycles. The molecule has 0 aromatic rings. The second kappa shape index (κ2) is 7.84. The van der Waals surface area contributed by atoms with E-state index >= 15 is 0 Å². The summed E-state index contributed by atoms with van der Waals surface area (Å²) >= 11 is 0. The average molecular weight is 287 g/mol. The van der Waals surface area contributed by atoms with Gasteiger partial charge < -0.3 is 21.5 Å². The van der Waals surface area contributed by atoms with Gasteiger partial charge in [-0.15, -0.1) is 0 Å². The standard InChI is InChI=1S/C13H25N3O4/c1-6(2)9(14)11(17)16-10(7(3)4)12(18)15-8(5)13(19)20/h6-10H,14H2,1-5H3,(H,15,18)(H,16,17)(H,19,20)/t8-,9-,10-/m0/s1. The summed E-state index contributed by atoms with van der Waals surface area (Å²) in [4.78, 5) is 34.6. The quantitative estimate of drug-likeness (QED) is 0.512. The van der Waals surface area contributed by atoms with Crippen molar-refractivity contribution in [2.24, 2.45) is 17.6 Å². The molecule has 7 nitrogen and oxygen atoms in total. The number of nitrogens with one attached hydrogen (secondary N) is 2. The summed E-state index contributed by atoms with van der Waals surface area (Å²) in [6.07, 6.45) is 0. The van der Waals surface area contributed by atoms with Gasteiger partial charge in [-0.2, -0.15) is 0 Å². The van der Waals surface area contributed by atoms with E-state index in [1.807, 2.05) is 0 Å². The lowest BCUT2D eigenvalue weighted by Gasteiger charge is -2.25. The lowest BCUT2D eigenvalue weighted by Crippen LogP contribution is -2.56. The highest BCUT2D eigenvalue weighted by atomic mass is 16.4. The minimum atomic E-state index is -1.13. The van der Waals surface area contributed by atoms with Gasteiger partial charge in [-0.25, -0.2) is 0 Å². The Hall–Kier alpha value is -1.63. The molecular weight excluding hydrogens is 262 g/mol. The number of carbonyl (C=O) groups is 3. The van der Waals surface area contributed by atoms with E-state index in [9.17, 15) is 14.4 Å². The SMILES string of the molecule is CC(C)[C@H](N)C(=O)N[C@H](C(=O)N[C@@H](C)C(=O)O)C(C)C. The molecule has 2 amide bonds. The second-order valence-corrected chi connectivity index (χ2v) is 5.57. The van der Waals surface area contributed by atoms with E-state index in [0.717, 1.165) is 0 Å². The van der Waals surface area contributed by atoms with Crippen molar-refractivity contribution in [1.82, 2.24) is 10.6 Å². The van der Waals surface area contributed by atoms with Crippen LogP contribution in [-0.4, -0.2) is 41.0 Å². The lowest BCUT2D eigenvalue weighted by atomic mass is 10.00. The average Bonchev–Trinajstić information content (AvgIpc) is 2.33. The third-order valence-electron chi connectivity index (χ3n) is 3.00. The topological polar surface area (TPSA) is 122 Å². The molecule has 0 spiro atoms. The van der Waals surface area contributed by atoms with Crippen molar-refractivity contribution in [1.29, 1.82) is 0 Å². The fraction of sp³-hybridized carbons (Fsp3) is 0.769. The Bertz CT molecular complexity index is 369. The molecule has 0 radical (unpaired) electrons. The fourth-order valence-corrected chi connectivity index (χ4v) is 1.45. The van der Waals surface area contributed by atoms with Crippen molar-refractivity contribution in [2.45, 2.75) is 52.7 Å². The Labute approximate surface area is 119 Å². The molecule has 0 saturated heterocycles. The molecule has 0 saturated carbocycles. The molecule has 0 aromatic carbocycles. The highest BCUT2D eigenvalue weighted by Gasteiger charge is 2.29. The lowest BCUT2D eigenvalue weighted by molar-refractivity contribution is -0.142. The van der Waals surface area contributed by atoms with E-state index in [1.54, 1.807) is 27.7 Å². The van der Waals surface area contributed by atoms with E-state index in [0.29, 0.717) is 0 Å². The Morgan fingerprint density at radius 1 is 0.900 bits per heavy atom. The molecule has 0 bridgehead atoms. The predicted octanol–water partition coefficient (Wildman–Crippen LogP) is -0.300. The molecule has 0 aliphatic heterocycles. The zero-order valence-corrected chi connectivity index (χ0v) is 12.6. The molecule has 5 N–H and O–H groups in total. The summed E-state index contributed by atoms with van der Waals surface area (Å²) in [5.41, 5.74) is 5.72. The number of carboxylic acids is 1. The smallest absolute Gasteiger partial charge is 0.325 e. The van der Waals surface area contributed by atoms with Crippen LogP contribution in [0.4, 0.5) is 0 Å². The van der Waals surface area contributed by atoms with Crippen molar-refractivity contribution in [2.75, 3.05) is 0 Å². The molecule has 20 heavy (non-hydrogen) atoms. The number of rotatable bonds is 7. The van der Waals surface area contributed by atoms with Crippen LogP contribution in [0.1, 0.15) is 34.6 Å². The van der Waals surface area contributed by atoms with Crippen LogP contribution in [0.3, 0.4) is 0 Å². The van der Waals surface area contributed by atoms with Gasteiger partial charge in [0.05, 0.1) is 6.04 Å². The Kier molecular flexibility index (Phi) is 7.20. The van der Waals surface area contributed by atoms with Crippen LogP contribution in [0.2, 0.25) is 0 Å². The number of hydrogen-bond acceptors (Lipinski definition) is 4. The zero-order valence-electron chi connectivity index (χ0n) is 12.6. The van der Waals surface area contributed by atoms with Gasteiger partial charge in [0.15, 0.2) is 0 Å². The second-order valence-electron chi connectivity index (χ2n) is 5.57. The summed E-state index contributed by atoms with van der Waals surface area (Å²) in [5, 5.41) is 13.7. The summed E-state index contributed by atoms with van der Waals surface area (Å²) in [6, 6.07) is -2.53. The van der Waals surface area contributed by atoms with Crippen LogP contribution in [0.5, 0.6) is 0 Å². The molecule has 116 valence electrons. The van der Waals surface area contributed by atoms with Crippen molar-refractivity contribution < 1.29 is 19.5 Å². The highest BCUT2D eigenvalue weighted by Crippen LogP contribution is 2.05. The normalized spacial score (nSPS) is 15.6. The van der Waals surface area contributed by atoms with Crippen molar-refractivity contribution in [3.05, 3.63) is 0 Å². The first-order chi connectivity index (χ1) is 9.07. The van der Waals surface area contributed by atoms with Crippen LogP contribution in [0, 0.1) is 11.8 Å². The molecule has 3 atom stereocenters. The molecule has 0 unspecified atom stereocenters. The maximum Gasteiger partial charge on any atom is 0.325 e. The van der Waals surface area contributed by atoms with Crippen LogP contribution in [0.25, 0.3) is 0 Å². The first kappa shape index (κ1) is 18.4. The molecular formula is C13H25N3O4. The number of carbonyl (C=O) groups excluding carboxylic acids is 2. The molecule has 0 heterocycles. The van der Waals surface area contributed by atoms with Gasteiger partial charge in [-0.1, -0.05) is 27.7 Å². The summed E-state index contributed by atoms with van der Waals surface area (Å²) in [5.74, 6) is -2.31. The largest absolute Gasteiger partial charge is 0.480 e. The van der Waals surface area contributed by atoms with Crippen molar-refractivity contribution >= 4 is 17.8 Å². The summed E-state index contributed by atoms with van der Waals surface area (Å²) in [7, 11) is 0. The van der Waals surface area contributed by atoms with Crippen molar-refractivity contribution in [3.63, 3.8) is 0 Å². The number of aliphatic carboxylic acids is 1. The number of hydrogen-bond donors (Lipinski definition) is 4. The first-order valence-corrected chi connectivity index (χ1v) is 6.67. The van der Waals surface area contributed by atoms with Crippen LogP contribution in [-0.2, 0) is 14.4 Å². The van der Waals surface area contributed by atoms with E-state index in [-0.39, 0.29) is 11.8 Å². The van der Waals surface area contributed by atoms with Gasteiger partial charge in [-0.05, 0) is 18.8 Å². The van der Waals surface area contributed by atoms with E-state index in [1.165, 1.54) is 6.92 Å². The molecule has 7 heteroatoms. The highest BCUT2D eigenvalue weighted by molar-refractivity contribution is 5.91. The molecule has 0 rings (SSSR count). The van der Waals surface area contributed by atoms with Gasteiger partial charge in [0.1, 0.15) is 12.1 Å². The van der Waals surface area contributed by atoms with Gasteiger partial charge >= 0.3 is 5.97 Å². The molecule has 0 aliphatic carbocycles. The number of amides is 2. The van der Waals surface area contributed by atoms with Gasteiger partial charge in [0.25, 0.3) is 0 Å². The van der Waals surface area contributed by atoms with E-state index in [4.69, 9.17) is 10.8 Å². The number of carboxylic acid groups (broad SMARTS) is 1. The van der Waals surface area contributed by atoms with E-state index < -0.39 is 35.9 Å². The molecule has 0 aliphatic rings. The van der Waals surface area contributed by atoms with Crippen molar-refractivity contribution in [3.8, 4) is 0 Å². The third-order valence-corrected chi connectivity index (χ3v) is 3.00. The van der Waals surface area contributed by atoms with E-state index in [2.05, 4.69) is 10.6 Å². The van der Waals surface area contributed by atoms with Gasteiger partial charge in [0, 0.05) is 0 Å². The minimum absolute atomic E-state index is 0.0520. The maximum atomic E-state index is 12.0. The summed E-state index contributed by atoms with van der Waals surface area (Å²) in [6.45, 7) is 8.50. The Balaban J connectivity index is 4.77. The van der Waals surface area contributed by atoms with Crippen LogP contribution < -0.4 is 16.4 Å². The molecule has 0 fully saturated rings. The van der Waals surface area contributed by atoms with Gasteiger partial charge in [-0.3, -0.25) is 14.4 Å².